The van der Waals surface area contributed by atoms with Crippen molar-refractivity contribution >= 4 is 0 Å². The molecule has 0 spiro atoms. The summed E-state index contributed by atoms with van der Waals surface area (Å²) in [5.41, 5.74) is 1.73. The average molecular weight is 244 g/mol. The van der Waals surface area contributed by atoms with Crippen molar-refractivity contribution in [2.75, 3.05) is 0 Å². The second kappa shape index (κ2) is 3.39. The molecule has 0 unspecified atom stereocenters. The van der Waals surface area contributed by atoms with Gasteiger partial charge in [-0.15, -0.1) is 0 Å². The Bertz CT molecular complexity index is 483. The molecule has 0 radical (unpaired) electrons. The lowest BCUT2D eigenvalue weighted by Gasteiger charge is -2.51. The van der Waals surface area contributed by atoms with Gasteiger partial charge < -0.3 is 5.11 Å². The number of hydrogen-bond acceptors (Lipinski definition) is 1. The van der Waals surface area contributed by atoms with E-state index in [0.717, 1.165) is 12.0 Å². The summed E-state index contributed by atoms with van der Waals surface area (Å²) in [4.78, 5) is 0. The van der Waals surface area contributed by atoms with Gasteiger partial charge in [0.15, 0.2) is 0 Å². The van der Waals surface area contributed by atoms with Crippen LogP contribution in [0.25, 0.3) is 0 Å². The third-order valence-corrected chi connectivity index (χ3v) is 6.10. The fourth-order valence-electron chi connectivity index (χ4n) is 4.91. The maximum atomic E-state index is 11.6. The lowest BCUT2D eigenvalue weighted by Crippen LogP contribution is -2.51. The van der Waals surface area contributed by atoms with Crippen LogP contribution >= 0.6 is 0 Å². The van der Waals surface area contributed by atoms with Gasteiger partial charge in [0.2, 0.25) is 0 Å². The van der Waals surface area contributed by atoms with Crippen molar-refractivity contribution in [1.29, 1.82) is 0 Å². The molecule has 0 aliphatic heterocycles. The van der Waals surface area contributed by atoms with Crippen LogP contribution < -0.4 is 0 Å². The fourth-order valence-corrected chi connectivity index (χ4v) is 4.91. The smallest absolute Gasteiger partial charge is 0.101 e. The normalized spacial score (nSPS) is 41.3. The van der Waals surface area contributed by atoms with Crippen LogP contribution in [0.15, 0.2) is 24.3 Å². The quantitative estimate of drug-likeness (QED) is 0.791. The third-order valence-electron chi connectivity index (χ3n) is 6.10. The lowest BCUT2D eigenvalue weighted by atomic mass is 9.57. The van der Waals surface area contributed by atoms with Gasteiger partial charge in [0.05, 0.1) is 0 Å². The molecule has 1 aromatic carbocycles. The van der Waals surface area contributed by atoms with E-state index in [4.69, 9.17) is 0 Å². The average Bonchev–Trinajstić information content (AvgIpc) is 2.78. The van der Waals surface area contributed by atoms with Crippen LogP contribution in [-0.2, 0) is 5.60 Å². The summed E-state index contributed by atoms with van der Waals surface area (Å²) in [5, 5.41) is 11.6. The van der Waals surface area contributed by atoms with Crippen molar-refractivity contribution in [2.24, 2.45) is 16.7 Å². The van der Waals surface area contributed by atoms with E-state index in [1.54, 1.807) is 0 Å². The molecule has 0 saturated heterocycles. The molecule has 2 aliphatic carbocycles. The summed E-state index contributed by atoms with van der Waals surface area (Å²) < 4.78 is 0. The number of aliphatic hydroxyl groups is 1. The van der Waals surface area contributed by atoms with Gasteiger partial charge in [-0.1, -0.05) is 45.0 Å². The molecule has 2 bridgehead atoms. The minimum atomic E-state index is -0.672. The maximum Gasteiger partial charge on any atom is 0.101 e. The largest absolute Gasteiger partial charge is 0.384 e. The van der Waals surface area contributed by atoms with E-state index >= 15 is 0 Å². The van der Waals surface area contributed by atoms with E-state index < -0.39 is 5.60 Å². The third kappa shape index (κ3) is 1.17. The number of aryl methyl sites for hydroxylation is 1. The highest BCUT2D eigenvalue weighted by Crippen LogP contribution is 2.71. The number of rotatable bonds is 1. The molecule has 1 aromatic rings. The molecule has 2 fully saturated rings. The van der Waals surface area contributed by atoms with Crippen molar-refractivity contribution < 1.29 is 5.11 Å². The Labute approximate surface area is 110 Å². The summed E-state index contributed by atoms with van der Waals surface area (Å²) >= 11 is 0. The fraction of sp³-hybridized carbons (Fsp3) is 0.647. The standard InChI is InChI=1S/C17H24O/c1-12-7-5-6-8-14(12)17(18)15(2,3)13-9-10-16(17,4)11-13/h5-8,13,18H,9-11H2,1-4H3/t13-,16+,17-/m1/s1. The van der Waals surface area contributed by atoms with E-state index in [1.807, 2.05) is 0 Å². The molecule has 3 atom stereocenters. The molecule has 1 heteroatoms. The van der Waals surface area contributed by atoms with Gasteiger partial charge in [-0.3, -0.25) is 0 Å². The summed E-state index contributed by atoms with van der Waals surface area (Å²) in [6, 6.07) is 8.37. The highest BCUT2D eigenvalue weighted by Gasteiger charge is 2.69. The monoisotopic (exact) mass is 244 g/mol. The summed E-state index contributed by atoms with van der Waals surface area (Å²) in [5.74, 6) is 0.659. The molecule has 98 valence electrons. The first kappa shape index (κ1) is 12.2. The van der Waals surface area contributed by atoms with Gasteiger partial charge in [-0.05, 0) is 43.2 Å². The summed E-state index contributed by atoms with van der Waals surface area (Å²) in [6.45, 7) is 8.93. The molecule has 1 N–H and O–H groups in total. The molecule has 1 nitrogen and oxygen atoms in total. The Kier molecular flexibility index (Phi) is 2.30. The van der Waals surface area contributed by atoms with Crippen molar-refractivity contribution in [3.8, 4) is 0 Å². The molecular formula is C17H24O. The zero-order valence-electron chi connectivity index (χ0n) is 12.0. The van der Waals surface area contributed by atoms with Gasteiger partial charge >= 0.3 is 0 Å². The van der Waals surface area contributed by atoms with E-state index in [-0.39, 0.29) is 10.8 Å². The van der Waals surface area contributed by atoms with Gasteiger partial charge in [-0.25, -0.2) is 0 Å². The predicted octanol–water partition coefficient (Wildman–Crippen LogP) is 4.03. The number of fused-ring (bicyclic) bond motifs is 2. The Morgan fingerprint density at radius 1 is 1.17 bits per heavy atom. The van der Waals surface area contributed by atoms with Crippen LogP contribution in [-0.4, -0.2) is 5.11 Å². The van der Waals surface area contributed by atoms with Crippen molar-refractivity contribution in [3.63, 3.8) is 0 Å². The SMILES string of the molecule is Cc1ccccc1[C@@]1(O)C(C)(C)[C@@H]2CC[C@@]1(C)C2. The van der Waals surface area contributed by atoms with E-state index in [0.29, 0.717) is 5.92 Å². The second-order valence-electron chi connectivity index (χ2n) is 7.25. The number of benzene rings is 1. The van der Waals surface area contributed by atoms with Crippen molar-refractivity contribution in [2.45, 2.75) is 52.6 Å². The Morgan fingerprint density at radius 2 is 1.83 bits per heavy atom. The van der Waals surface area contributed by atoms with Crippen molar-refractivity contribution in [1.82, 2.24) is 0 Å². The van der Waals surface area contributed by atoms with Gasteiger partial charge in [-0.2, -0.15) is 0 Å². The van der Waals surface area contributed by atoms with E-state index in [1.165, 1.54) is 18.4 Å². The van der Waals surface area contributed by atoms with Crippen LogP contribution in [0.2, 0.25) is 0 Å². The highest BCUT2D eigenvalue weighted by atomic mass is 16.3. The highest BCUT2D eigenvalue weighted by molar-refractivity contribution is 5.38. The van der Waals surface area contributed by atoms with Crippen LogP contribution in [0.1, 0.15) is 51.2 Å². The molecule has 2 saturated carbocycles. The summed E-state index contributed by atoms with van der Waals surface area (Å²) in [6.07, 6.45) is 3.61. The molecule has 0 amide bonds. The zero-order valence-corrected chi connectivity index (χ0v) is 12.0. The van der Waals surface area contributed by atoms with E-state index in [2.05, 4.69) is 52.0 Å². The van der Waals surface area contributed by atoms with Crippen LogP contribution in [0.3, 0.4) is 0 Å². The first-order valence-electron chi connectivity index (χ1n) is 7.11. The minimum Gasteiger partial charge on any atom is -0.384 e. The molecular weight excluding hydrogens is 220 g/mol. The Morgan fingerprint density at radius 3 is 2.39 bits per heavy atom. The number of hydrogen-bond donors (Lipinski definition) is 1. The van der Waals surface area contributed by atoms with Crippen molar-refractivity contribution in [3.05, 3.63) is 35.4 Å². The zero-order chi connectivity index (χ0) is 13.2. The molecule has 0 heterocycles. The predicted molar refractivity (Wildman–Crippen MR) is 74.3 cm³/mol. The van der Waals surface area contributed by atoms with Crippen LogP contribution in [0, 0.1) is 23.7 Å². The molecule has 18 heavy (non-hydrogen) atoms. The van der Waals surface area contributed by atoms with Crippen LogP contribution in [0.4, 0.5) is 0 Å². The van der Waals surface area contributed by atoms with Gasteiger partial charge in [0.1, 0.15) is 5.60 Å². The van der Waals surface area contributed by atoms with Gasteiger partial charge in [0, 0.05) is 10.8 Å². The van der Waals surface area contributed by atoms with Gasteiger partial charge in [0.25, 0.3) is 0 Å². The second-order valence-corrected chi connectivity index (χ2v) is 7.25. The van der Waals surface area contributed by atoms with E-state index in [9.17, 15) is 5.11 Å². The minimum absolute atomic E-state index is 0.0217. The first-order chi connectivity index (χ1) is 8.33. The van der Waals surface area contributed by atoms with Crippen LogP contribution in [0.5, 0.6) is 0 Å². The molecule has 0 aromatic heterocycles. The Balaban J connectivity index is 2.23. The first-order valence-corrected chi connectivity index (χ1v) is 7.11. The molecule has 3 rings (SSSR count). The summed E-state index contributed by atoms with van der Waals surface area (Å²) in [7, 11) is 0. The topological polar surface area (TPSA) is 20.2 Å². The molecule has 2 aliphatic rings. The Hall–Kier alpha value is -0.820. The lowest BCUT2D eigenvalue weighted by molar-refractivity contribution is -0.151. The maximum absolute atomic E-state index is 11.6.